The largest absolute Gasteiger partial charge is 0.381 e. The van der Waals surface area contributed by atoms with Crippen LogP contribution in [0.15, 0.2) is 12.1 Å². The number of carbonyl (C=O) groups is 1. The van der Waals surface area contributed by atoms with Crippen LogP contribution in [-0.4, -0.2) is 35.1 Å². The standard InChI is InChI=1S/C16H25NO2/c1-11-7-8-14(13(3)12(11)2)9-10-17(6)15(18)16(4,5)19/h7-8,19H,9-10H2,1-6H3. The molecule has 3 heteroatoms. The van der Waals surface area contributed by atoms with Crippen LogP contribution in [0.4, 0.5) is 0 Å². The summed E-state index contributed by atoms with van der Waals surface area (Å²) in [7, 11) is 1.73. The summed E-state index contributed by atoms with van der Waals surface area (Å²) in [5, 5.41) is 9.70. The predicted molar refractivity (Wildman–Crippen MR) is 78.3 cm³/mol. The second kappa shape index (κ2) is 5.74. The molecule has 19 heavy (non-hydrogen) atoms. The van der Waals surface area contributed by atoms with Crippen LogP contribution in [-0.2, 0) is 11.2 Å². The van der Waals surface area contributed by atoms with Crippen LogP contribution < -0.4 is 0 Å². The maximum absolute atomic E-state index is 11.9. The van der Waals surface area contributed by atoms with Gasteiger partial charge in [-0.15, -0.1) is 0 Å². The Morgan fingerprint density at radius 3 is 2.32 bits per heavy atom. The summed E-state index contributed by atoms with van der Waals surface area (Å²) in [4.78, 5) is 13.5. The van der Waals surface area contributed by atoms with Crippen molar-refractivity contribution in [2.45, 2.75) is 46.6 Å². The van der Waals surface area contributed by atoms with E-state index in [0.717, 1.165) is 6.42 Å². The van der Waals surface area contributed by atoms with Crippen LogP contribution in [0.25, 0.3) is 0 Å². The van der Waals surface area contributed by atoms with Gasteiger partial charge in [0.25, 0.3) is 5.91 Å². The number of nitrogens with zero attached hydrogens (tertiary/aromatic N) is 1. The molecule has 0 aromatic heterocycles. The molecule has 0 aliphatic heterocycles. The van der Waals surface area contributed by atoms with Gasteiger partial charge in [0.05, 0.1) is 0 Å². The van der Waals surface area contributed by atoms with Crippen molar-refractivity contribution in [3.63, 3.8) is 0 Å². The smallest absolute Gasteiger partial charge is 0.253 e. The molecule has 1 aromatic rings. The van der Waals surface area contributed by atoms with Crippen molar-refractivity contribution in [3.8, 4) is 0 Å². The summed E-state index contributed by atoms with van der Waals surface area (Å²) in [6, 6.07) is 4.25. The Bertz CT molecular complexity index is 472. The predicted octanol–water partition coefficient (Wildman–Crippen LogP) is 2.38. The zero-order chi connectivity index (χ0) is 14.8. The molecule has 0 saturated carbocycles. The second-order valence-corrected chi connectivity index (χ2v) is 5.83. The third-order valence-corrected chi connectivity index (χ3v) is 3.76. The van der Waals surface area contributed by atoms with Gasteiger partial charge in [-0.05, 0) is 63.3 Å². The summed E-state index contributed by atoms with van der Waals surface area (Å²) < 4.78 is 0. The van der Waals surface area contributed by atoms with Gasteiger partial charge in [0, 0.05) is 13.6 Å². The summed E-state index contributed by atoms with van der Waals surface area (Å²) >= 11 is 0. The minimum Gasteiger partial charge on any atom is -0.381 e. The van der Waals surface area contributed by atoms with Gasteiger partial charge in [0.1, 0.15) is 5.60 Å². The average Bonchev–Trinajstić information content (AvgIpc) is 2.32. The molecule has 0 bridgehead atoms. The number of benzene rings is 1. The molecule has 0 fully saturated rings. The first-order chi connectivity index (χ1) is 8.64. The van der Waals surface area contributed by atoms with Crippen molar-refractivity contribution in [2.24, 2.45) is 0 Å². The molecule has 0 aliphatic rings. The van der Waals surface area contributed by atoms with E-state index in [-0.39, 0.29) is 5.91 Å². The lowest BCUT2D eigenvalue weighted by molar-refractivity contribution is -0.146. The van der Waals surface area contributed by atoms with Crippen LogP contribution in [0.3, 0.4) is 0 Å². The number of amides is 1. The van der Waals surface area contributed by atoms with Crippen LogP contribution >= 0.6 is 0 Å². The number of aryl methyl sites for hydroxylation is 1. The van der Waals surface area contributed by atoms with Gasteiger partial charge >= 0.3 is 0 Å². The molecular formula is C16H25NO2. The number of hydrogen-bond donors (Lipinski definition) is 1. The maximum atomic E-state index is 11.9. The first-order valence-corrected chi connectivity index (χ1v) is 6.68. The van der Waals surface area contributed by atoms with Crippen molar-refractivity contribution in [1.82, 2.24) is 4.90 Å². The molecule has 1 aromatic carbocycles. The van der Waals surface area contributed by atoms with E-state index < -0.39 is 5.60 Å². The van der Waals surface area contributed by atoms with Crippen LogP contribution in [0.1, 0.15) is 36.1 Å². The van der Waals surface area contributed by atoms with Crippen molar-refractivity contribution < 1.29 is 9.90 Å². The molecule has 3 nitrogen and oxygen atoms in total. The van der Waals surface area contributed by atoms with Crippen LogP contribution in [0, 0.1) is 20.8 Å². The minimum atomic E-state index is -1.30. The summed E-state index contributed by atoms with van der Waals surface area (Å²) in [6.07, 6.45) is 0.811. The molecule has 1 N–H and O–H groups in total. The van der Waals surface area contributed by atoms with E-state index >= 15 is 0 Å². The average molecular weight is 263 g/mol. The Kier molecular flexibility index (Phi) is 4.75. The fraction of sp³-hybridized carbons (Fsp3) is 0.562. The van der Waals surface area contributed by atoms with Gasteiger partial charge in [0.15, 0.2) is 0 Å². The highest BCUT2D eigenvalue weighted by Gasteiger charge is 2.26. The van der Waals surface area contributed by atoms with Gasteiger partial charge in [-0.25, -0.2) is 0 Å². The van der Waals surface area contributed by atoms with E-state index in [9.17, 15) is 9.90 Å². The van der Waals surface area contributed by atoms with E-state index in [1.54, 1.807) is 11.9 Å². The molecule has 0 atom stereocenters. The highest BCUT2D eigenvalue weighted by Crippen LogP contribution is 2.18. The van der Waals surface area contributed by atoms with E-state index in [1.807, 2.05) is 0 Å². The number of rotatable bonds is 4. The fourth-order valence-corrected chi connectivity index (χ4v) is 2.14. The molecule has 0 unspecified atom stereocenters. The summed E-state index contributed by atoms with van der Waals surface area (Å²) in [5.74, 6) is -0.242. The molecule has 1 rings (SSSR count). The molecule has 0 spiro atoms. The number of likely N-dealkylation sites (N-methyl/N-ethyl adjacent to an activating group) is 1. The lowest BCUT2D eigenvalue weighted by Gasteiger charge is -2.25. The van der Waals surface area contributed by atoms with Gasteiger partial charge < -0.3 is 10.0 Å². The molecule has 106 valence electrons. The molecule has 0 aliphatic carbocycles. The fourth-order valence-electron chi connectivity index (χ4n) is 2.14. The van der Waals surface area contributed by atoms with Crippen molar-refractivity contribution in [3.05, 3.63) is 34.4 Å². The number of carbonyl (C=O) groups excluding carboxylic acids is 1. The zero-order valence-corrected chi connectivity index (χ0v) is 12.9. The minimum absolute atomic E-state index is 0.242. The highest BCUT2D eigenvalue weighted by molar-refractivity contribution is 5.83. The molecule has 0 saturated heterocycles. The van der Waals surface area contributed by atoms with Crippen LogP contribution in [0.2, 0.25) is 0 Å². The summed E-state index contributed by atoms with van der Waals surface area (Å²) in [6.45, 7) is 10.0. The van der Waals surface area contributed by atoms with Crippen molar-refractivity contribution in [2.75, 3.05) is 13.6 Å². The number of aliphatic hydroxyl groups is 1. The van der Waals surface area contributed by atoms with E-state index in [0.29, 0.717) is 6.54 Å². The Morgan fingerprint density at radius 2 is 1.79 bits per heavy atom. The quantitative estimate of drug-likeness (QED) is 0.906. The lowest BCUT2D eigenvalue weighted by Crippen LogP contribution is -2.43. The molecule has 0 radical (unpaired) electrons. The van der Waals surface area contributed by atoms with E-state index in [1.165, 1.54) is 36.1 Å². The maximum Gasteiger partial charge on any atom is 0.253 e. The van der Waals surface area contributed by atoms with Crippen molar-refractivity contribution >= 4 is 5.91 Å². The Morgan fingerprint density at radius 1 is 1.21 bits per heavy atom. The topological polar surface area (TPSA) is 40.5 Å². The normalized spacial score (nSPS) is 11.5. The zero-order valence-electron chi connectivity index (χ0n) is 12.9. The Balaban J connectivity index is 2.73. The first-order valence-electron chi connectivity index (χ1n) is 6.68. The van der Waals surface area contributed by atoms with Crippen LogP contribution in [0.5, 0.6) is 0 Å². The van der Waals surface area contributed by atoms with Gasteiger partial charge in [-0.3, -0.25) is 4.79 Å². The van der Waals surface area contributed by atoms with Gasteiger partial charge in [-0.1, -0.05) is 12.1 Å². The third kappa shape index (κ3) is 3.80. The molecular weight excluding hydrogens is 238 g/mol. The Labute approximate surface area is 116 Å². The SMILES string of the molecule is Cc1ccc(CCN(C)C(=O)C(C)(C)O)c(C)c1C. The summed E-state index contributed by atoms with van der Waals surface area (Å²) in [5.41, 5.74) is 3.87. The highest BCUT2D eigenvalue weighted by atomic mass is 16.3. The molecule has 0 heterocycles. The van der Waals surface area contributed by atoms with E-state index in [4.69, 9.17) is 0 Å². The Hall–Kier alpha value is -1.35. The second-order valence-electron chi connectivity index (χ2n) is 5.83. The third-order valence-electron chi connectivity index (χ3n) is 3.76. The van der Waals surface area contributed by atoms with Gasteiger partial charge in [-0.2, -0.15) is 0 Å². The first kappa shape index (κ1) is 15.7. The number of hydrogen-bond acceptors (Lipinski definition) is 2. The van der Waals surface area contributed by atoms with Gasteiger partial charge in [0.2, 0.25) is 0 Å². The van der Waals surface area contributed by atoms with Crippen molar-refractivity contribution in [1.29, 1.82) is 0 Å². The lowest BCUT2D eigenvalue weighted by atomic mass is 9.97. The molecule has 1 amide bonds. The monoisotopic (exact) mass is 263 g/mol. The van der Waals surface area contributed by atoms with E-state index in [2.05, 4.69) is 32.9 Å².